The van der Waals surface area contributed by atoms with E-state index in [0.717, 1.165) is 56.9 Å². The van der Waals surface area contributed by atoms with Crippen LogP contribution in [0.3, 0.4) is 0 Å². The molecule has 3 heterocycles. The largest absolute Gasteiger partial charge is 0.382 e. The summed E-state index contributed by atoms with van der Waals surface area (Å²) in [5.74, 6) is 0.676. The maximum Gasteiger partial charge on any atom is 0.270 e. The van der Waals surface area contributed by atoms with Gasteiger partial charge in [0.1, 0.15) is 21.8 Å². The zero-order chi connectivity index (χ0) is 26.2. The molecule has 1 aromatic rings. The molecule has 2 saturated heterocycles. The number of piperazine rings is 1. The number of hydrogen-bond donors (Lipinski definition) is 0. The summed E-state index contributed by atoms with van der Waals surface area (Å²) in [6.07, 6.45) is 4.32. The number of aromatic nitrogens is 1. The number of hydrogen-bond acceptors (Lipinski definition) is 8. The van der Waals surface area contributed by atoms with Gasteiger partial charge in [-0.15, -0.1) is 0 Å². The van der Waals surface area contributed by atoms with Crippen molar-refractivity contribution >= 4 is 46.1 Å². The highest BCUT2D eigenvalue weighted by molar-refractivity contribution is 8.26. The molecule has 0 radical (unpaired) electrons. The summed E-state index contributed by atoms with van der Waals surface area (Å²) < 4.78 is 7.69. The number of likely N-dealkylation sites (N-methyl/N-ethyl adjacent to an activating group) is 1. The van der Waals surface area contributed by atoms with Crippen molar-refractivity contribution in [2.75, 3.05) is 57.4 Å². The number of thiocarbonyl (C=S) groups is 1. The first-order valence-corrected chi connectivity index (χ1v) is 14.1. The summed E-state index contributed by atoms with van der Waals surface area (Å²) >= 11 is 6.80. The Bertz CT molecular complexity index is 1100. The smallest absolute Gasteiger partial charge is 0.270 e. The van der Waals surface area contributed by atoms with Crippen LogP contribution in [0.2, 0.25) is 0 Å². The van der Waals surface area contributed by atoms with Gasteiger partial charge in [-0.1, -0.05) is 44.2 Å². The van der Waals surface area contributed by atoms with E-state index in [1.54, 1.807) is 9.47 Å². The number of unbranched alkanes of at least 4 members (excludes halogenated alkanes) is 1. The third-order valence-corrected chi connectivity index (χ3v) is 8.10. The van der Waals surface area contributed by atoms with E-state index in [-0.39, 0.29) is 17.0 Å². The number of nitriles is 1. The van der Waals surface area contributed by atoms with Gasteiger partial charge in [0, 0.05) is 58.0 Å². The van der Waals surface area contributed by atoms with E-state index in [2.05, 4.69) is 29.7 Å². The molecule has 0 aliphatic carbocycles. The maximum absolute atomic E-state index is 13.4. The van der Waals surface area contributed by atoms with Gasteiger partial charge >= 0.3 is 0 Å². The average Bonchev–Trinajstić information content (AvgIpc) is 3.15. The highest BCUT2D eigenvalue weighted by Crippen LogP contribution is 2.36. The van der Waals surface area contributed by atoms with E-state index < -0.39 is 0 Å². The third-order valence-electron chi connectivity index (χ3n) is 6.72. The summed E-state index contributed by atoms with van der Waals surface area (Å²) in [7, 11) is 0. The fraction of sp³-hybridized carbons (Fsp3) is 0.615. The van der Waals surface area contributed by atoms with E-state index >= 15 is 0 Å². The van der Waals surface area contributed by atoms with Crippen molar-refractivity contribution < 1.29 is 9.53 Å². The zero-order valence-corrected chi connectivity index (χ0v) is 23.5. The number of anilines is 1. The predicted molar refractivity (Wildman–Crippen MR) is 150 cm³/mol. The molecule has 0 bridgehead atoms. The highest BCUT2D eigenvalue weighted by Gasteiger charge is 2.33. The molecule has 8 nitrogen and oxygen atoms in total. The molecule has 1 amide bonds. The van der Waals surface area contributed by atoms with E-state index in [9.17, 15) is 14.9 Å². The molecule has 3 rings (SSSR count). The summed E-state index contributed by atoms with van der Waals surface area (Å²) in [6, 6.07) is 2.13. The van der Waals surface area contributed by atoms with Crippen molar-refractivity contribution in [3.05, 3.63) is 31.9 Å². The number of nitrogens with zero attached hydrogens (tertiary/aromatic N) is 5. The van der Waals surface area contributed by atoms with E-state index in [1.807, 2.05) is 19.9 Å². The Morgan fingerprint density at radius 1 is 1.11 bits per heavy atom. The van der Waals surface area contributed by atoms with Crippen LogP contribution in [0.4, 0.5) is 5.82 Å². The monoisotopic (exact) mass is 531 g/mol. The number of rotatable bonds is 11. The lowest BCUT2D eigenvalue weighted by atomic mass is 10.0. The molecule has 0 aromatic carbocycles. The first-order valence-electron chi connectivity index (χ1n) is 12.9. The quantitative estimate of drug-likeness (QED) is 0.243. The van der Waals surface area contributed by atoms with Crippen LogP contribution < -0.4 is 10.5 Å². The van der Waals surface area contributed by atoms with Gasteiger partial charge in [0.25, 0.3) is 11.5 Å². The van der Waals surface area contributed by atoms with Gasteiger partial charge < -0.3 is 14.5 Å². The van der Waals surface area contributed by atoms with Crippen molar-refractivity contribution in [1.29, 1.82) is 5.26 Å². The minimum Gasteiger partial charge on any atom is -0.382 e. The minimum atomic E-state index is -0.253. The van der Waals surface area contributed by atoms with Crippen molar-refractivity contribution in [3.63, 3.8) is 0 Å². The first-order chi connectivity index (χ1) is 17.4. The van der Waals surface area contributed by atoms with Crippen LogP contribution in [0, 0.1) is 18.3 Å². The van der Waals surface area contributed by atoms with Crippen LogP contribution in [-0.2, 0) is 16.1 Å². The number of ether oxygens (including phenoxy) is 1. The fourth-order valence-corrected chi connectivity index (χ4v) is 5.87. The average molecular weight is 532 g/mol. The van der Waals surface area contributed by atoms with Gasteiger partial charge in [-0.2, -0.15) is 5.26 Å². The third kappa shape index (κ3) is 6.20. The molecule has 0 unspecified atom stereocenters. The predicted octanol–water partition coefficient (Wildman–Crippen LogP) is 3.60. The van der Waals surface area contributed by atoms with Crippen LogP contribution in [0.5, 0.6) is 0 Å². The molecule has 36 heavy (non-hydrogen) atoms. The van der Waals surface area contributed by atoms with Gasteiger partial charge in [0.2, 0.25) is 0 Å². The molecule has 0 N–H and O–H groups in total. The molecule has 2 aliphatic heterocycles. The maximum atomic E-state index is 13.4. The first kappa shape index (κ1) is 28.4. The molecule has 2 aliphatic rings. The highest BCUT2D eigenvalue weighted by atomic mass is 32.2. The normalized spacial score (nSPS) is 17.9. The molecular formula is C26H37N5O3S2. The van der Waals surface area contributed by atoms with Crippen molar-refractivity contribution in [2.24, 2.45) is 0 Å². The second-order valence-corrected chi connectivity index (χ2v) is 10.6. The molecule has 0 atom stereocenters. The van der Waals surface area contributed by atoms with Gasteiger partial charge in [-0.05, 0) is 44.9 Å². The fourth-order valence-electron chi connectivity index (χ4n) is 4.58. The summed E-state index contributed by atoms with van der Waals surface area (Å²) in [5, 5.41) is 9.86. The number of amides is 1. The molecule has 2 fully saturated rings. The van der Waals surface area contributed by atoms with E-state index in [1.165, 1.54) is 11.8 Å². The Hall–Kier alpha value is -2.19. The SMILES string of the molecule is CCCCn1c(N2CCN(CC)CC2)c(/C=C2/SC(=S)N(CCCOCC)C2=O)c(C)c(C#N)c1=O. The zero-order valence-electron chi connectivity index (χ0n) is 21.8. The second-order valence-electron chi connectivity index (χ2n) is 8.96. The summed E-state index contributed by atoms with van der Waals surface area (Å²) in [4.78, 5) is 33.5. The summed E-state index contributed by atoms with van der Waals surface area (Å²) in [6.45, 7) is 14.6. The number of carbonyl (C=O) groups excluding carboxylic acids is 1. The van der Waals surface area contributed by atoms with Crippen LogP contribution in [0.1, 0.15) is 56.7 Å². The Kier molecular flexibility index (Phi) is 10.5. The van der Waals surface area contributed by atoms with Gasteiger partial charge in [-0.3, -0.25) is 19.1 Å². The summed E-state index contributed by atoms with van der Waals surface area (Å²) in [5.41, 5.74) is 1.27. The van der Waals surface area contributed by atoms with Crippen LogP contribution in [0.25, 0.3) is 6.08 Å². The van der Waals surface area contributed by atoms with E-state index in [4.69, 9.17) is 17.0 Å². The standard InChI is InChI=1S/C26H37N5O3S2/c1-5-8-10-30-23(29-14-12-28(6-2)13-15-29)20(19(4)21(18-27)24(30)32)17-22-25(33)31(26(35)36-22)11-9-16-34-7-3/h17H,5-16H2,1-4H3/b22-17+. The Balaban J connectivity index is 2.08. The lowest BCUT2D eigenvalue weighted by Crippen LogP contribution is -2.48. The molecule has 10 heteroatoms. The molecule has 0 spiro atoms. The topological polar surface area (TPSA) is 81.8 Å². The number of pyridine rings is 1. The lowest BCUT2D eigenvalue weighted by Gasteiger charge is -2.37. The van der Waals surface area contributed by atoms with Gasteiger partial charge in [-0.25, -0.2) is 0 Å². The number of carbonyl (C=O) groups is 1. The Labute approximate surface area is 223 Å². The molecule has 1 aromatic heterocycles. The molecule has 196 valence electrons. The molecular weight excluding hydrogens is 494 g/mol. The van der Waals surface area contributed by atoms with Gasteiger partial charge in [0.15, 0.2) is 0 Å². The van der Waals surface area contributed by atoms with Crippen LogP contribution >= 0.6 is 24.0 Å². The van der Waals surface area contributed by atoms with Crippen molar-refractivity contribution in [1.82, 2.24) is 14.4 Å². The van der Waals surface area contributed by atoms with Gasteiger partial charge in [0.05, 0.1) is 4.91 Å². The number of thioether (sulfide) groups is 1. The second kappa shape index (κ2) is 13.4. The Morgan fingerprint density at radius 2 is 1.83 bits per heavy atom. The molecule has 0 saturated carbocycles. The van der Waals surface area contributed by atoms with Crippen LogP contribution in [-0.4, -0.2) is 77.1 Å². The Morgan fingerprint density at radius 3 is 2.44 bits per heavy atom. The lowest BCUT2D eigenvalue weighted by molar-refractivity contribution is -0.122. The van der Waals surface area contributed by atoms with Crippen LogP contribution in [0.15, 0.2) is 9.70 Å². The minimum absolute atomic E-state index is 0.132. The van der Waals surface area contributed by atoms with Crippen molar-refractivity contribution in [3.8, 4) is 6.07 Å². The van der Waals surface area contributed by atoms with Crippen molar-refractivity contribution in [2.45, 2.75) is 53.5 Å². The van der Waals surface area contributed by atoms with E-state index in [0.29, 0.717) is 47.5 Å².